The highest BCUT2D eigenvalue weighted by Gasteiger charge is 2.56. The summed E-state index contributed by atoms with van der Waals surface area (Å²) in [5, 5.41) is 0. The number of hydrogen-bond donors (Lipinski definition) is 0. The highest BCUT2D eigenvalue weighted by atomic mass is 15.2. The lowest BCUT2D eigenvalue weighted by atomic mass is 9.42. The zero-order chi connectivity index (χ0) is 33.4. The minimum absolute atomic E-state index is 0.00391. The highest BCUT2D eigenvalue weighted by molar-refractivity contribution is 6.93. The fourth-order valence-electron chi connectivity index (χ4n) is 9.77. The van der Waals surface area contributed by atoms with Crippen molar-refractivity contribution in [2.45, 2.75) is 31.6 Å². The molecule has 0 saturated heterocycles. The molecular weight excluding hydrogens is 603 g/mol. The third-order valence-corrected chi connectivity index (χ3v) is 11.8. The lowest BCUT2D eigenvalue weighted by Gasteiger charge is -2.52. The van der Waals surface area contributed by atoms with Crippen LogP contribution in [0.15, 0.2) is 158 Å². The summed E-state index contributed by atoms with van der Waals surface area (Å²) in [4.78, 5) is 5.22. The summed E-state index contributed by atoms with van der Waals surface area (Å²) in [6.07, 6.45) is 0. The Hall–Kier alpha value is -5.80. The molecule has 3 heterocycles. The van der Waals surface area contributed by atoms with E-state index in [-0.39, 0.29) is 12.3 Å². The first kappa shape index (κ1) is 28.1. The number of hydrogen-bond acceptors (Lipinski definition) is 2. The molecule has 4 aliphatic rings. The third kappa shape index (κ3) is 3.35. The summed E-state index contributed by atoms with van der Waals surface area (Å²) in [5.41, 5.74) is 20.7. The molecule has 0 N–H and O–H groups in total. The normalized spacial score (nSPS) is 15.1. The molecule has 7 aromatic rings. The summed E-state index contributed by atoms with van der Waals surface area (Å²) in [6.45, 7) is 7.03. The van der Waals surface area contributed by atoms with Gasteiger partial charge in [-0.3, -0.25) is 0 Å². The van der Waals surface area contributed by atoms with Crippen molar-refractivity contribution in [2.24, 2.45) is 0 Å². The van der Waals surface area contributed by atoms with Gasteiger partial charge in [-0.15, -0.1) is 0 Å². The molecule has 0 unspecified atom stereocenters. The minimum atomic E-state index is -0.433. The van der Waals surface area contributed by atoms with E-state index in [4.69, 9.17) is 0 Å². The Morgan fingerprint density at radius 3 is 1.78 bits per heavy atom. The molecule has 7 aromatic carbocycles. The first-order valence-electron chi connectivity index (χ1n) is 17.8. The first-order valence-corrected chi connectivity index (χ1v) is 17.8. The van der Waals surface area contributed by atoms with E-state index in [1.165, 1.54) is 89.4 Å². The number of rotatable bonds is 1. The van der Waals surface area contributed by atoms with E-state index >= 15 is 0 Å². The van der Waals surface area contributed by atoms with Crippen molar-refractivity contribution in [3.05, 3.63) is 186 Å². The van der Waals surface area contributed by atoms with Crippen molar-refractivity contribution in [1.82, 2.24) is 0 Å². The van der Waals surface area contributed by atoms with Crippen molar-refractivity contribution in [2.75, 3.05) is 9.71 Å². The highest BCUT2D eigenvalue weighted by Crippen LogP contribution is 2.64. The number of para-hydroxylation sites is 4. The molecule has 0 atom stereocenters. The summed E-state index contributed by atoms with van der Waals surface area (Å²) in [5.74, 6) is 0. The predicted octanol–water partition coefficient (Wildman–Crippen LogP) is 10.4. The number of fused-ring (bicyclic) bond motifs is 13. The molecule has 2 nitrogen and oxygen atoms in total. The van der Waals surface area contributed by atoms with Gasteiger partial charge in [0.15, 0.2) is 0 Å². The molecule has 0 bridgehead atoms. The molecule has 11 rings (SSSR count). The molecule has 0 radical (unpaired) electrons. The van der Waals surface area contributed by atoms with Gasteiger partial charge in [0, 0.05) is 34.0 Å². The molecule has 0 amide bonds. The number of benzene rings is 7. The average molecular weight is 639 g/mol. The smallest absolute Gasteiger partial charge is 0.333 e. The van der Waals surface area contributed by atoms with E-state index in [9.17, 15) is 0 Å². The van der Waals surface area contributed by atoms with Gasteiger partial charge >= 0.3 is 6.85 Å². The second kappa shape index (κ2) is 9.67. The predicted molar refractivity (Wildman–Crippen MR) is 210 cm³/mol. The maximum atomic E-state index is 2.71. The zero-order valence-corrected chi connectivity index (χ0v) is 28.5. The van der Waals surface area contributed by atoms with Gasteiger partial charge in [0.25, 0.3) is 0 Å². The largest absolute Gasteiger partial charge is 0.376 e. The van der Waals surface area contributed by atoms with Gasteiger partial charge in [-0.05, 0) is 91.2 Å². The molecule has 1 spiro atoms. The standard InChI is InChI=1S/C47H35BN2/c1-46(2,3)30-28-35-34-20-15-24-39-45(34)50(48-40-25-12-14-27-42(40)49(43(29-30)44(35)48)31-16-5-4-6-17-31)41-26-13-11-23-38(41)47(39)36-21-9-7-18-32(36)33-19-8-10-22-37(33)47/h4-29H,1-3H3. The average Bonchev–Trinajstić information content (AvgIpc) is 3.45. The van der Waals surface area contributed by atoms with Gasteiger partial charge in [-0.1, -0.05) is 148 Å². The quantitative estimate of drug-likeness (QED) is 0.165. The number of nitrogens with zero attached hydrogens (tertiary/aromatic N) is 2. The summed E-state index contributed by atoms with van der Waals surface area (Å²) >= 11 is 0. The maximum absolute atomic E-state index is 2.71. The summed E-state index contributed by atoms with van der Waals surface area (Å²) < 4.78 is 0. The molecule has 50 heavy (non-hydrogen) atoms. The van der Waals surface area contributed by atoms with Crippen LogP contribution in [0.25, 0.3) is 22.3 Å². The molecule has 0 saturated carbocycles. The van der Waals surface area contributed by atoms with Gasteiger partial charge in [0.05, 0.1) is 5.41 Å². The van der Waals surface area contributed by atoms with E-state index in [1.807, 2.05) is 0 Å². The van der Waals surface area contributed by atoms with Gasteiger partial charge < -0.3 is 9.71 Å². The van der Waals surface area contributed by atoms with Gasteiger partial charge in [0.2, 0.25) is 0 Å². The molecule has 3 heteroatoms. The Morgan fingerprint density at radius 1 is 0.480 bits per heavy atom. The summed E-state index contributed by atoms with van der Waals surface area (Å²) in [6, 6.07) is 59.6. The van der Waals surface area contributed by atoms with E-state index in [2.05, 4.69) is 188 Å². The van der Waals surface area contributed by atoms with Crippen molar-refractivity contribution in [3.8, 4) is 22.3 Å². The molecule has 1 aliphatic carbocycles. The Bertz CT molecular complexity index is 2520. The lowest BCUT2D eigenvalue weighted by molar-refractivity contribution is 0.590. The van der Waals surface area contributed by atoms with Crippen LogP contribution >= 0.6 is 0 Å². The topological polar surface area (TPSA) is 6.48 Å². The Morgan fingerprint density at radius 2 is 1.06 bits per heavy atom. The SMILES string of the molecule is CC(C)(C)c1cc2c3c(c1)N(c1ccccc1)c1ccccc1B3N1c3ccccc3C3(c4ccccc4-c4ccccc43)c3cccc-2c31. The van der Waals surface area contributed by atoms with Crippen LogP contribution in [-0.2, 0) is 10.8 Å². The fraction of sp³-hybridized carbons (Fsp3) is 0.106. The van der Waals surface area contributed by atoms with Crippen LogP contribution in [0.4, 0.5) is 28.4 Å². The number of anilines is 5. The molecule has 3 aliphatic heterocycles. The van der Waals surface area contributed by atoms with Crippen LogP contribution < -0.4 is 20.6 Å². The van der Waals surface area contributed by atoms with Crippen LogP contribution in [0, 0.1) is 0 Å². The first-order chi connectivity index (χ1) is 24.5. The van der Waals surface area contributed by atoms with Gasteiger partial charge in [-0.2, -0.15) is 0 Å². The Kier molecular flexibility index (Phi) is 5.43. The lowest BCUT2D eigenvalue weighted by Crippen LogP contribution is -2.63. The van der Waals surface area contributed by atoms with Crippen LogP contribution in [0.3, 0.4) is 0 Å². The van der Waals surface area contributed by atoms with Crippen molar-refractivity contribution < 1.29 is 0 Å². The minimum Gasteiger partial charge on any atom is -0.376 e. The maximum Gasteiger partial charge on any atom is 0.333 e. The zero-order valence-electron chi connectivity index (χ0n) is 28.5. The Balaban J connectivity index is 1.32. The molecular formula is C47H35BN2. The third-order valence-electron chi connectivity index (χ3n) is 11.8. The monoisotopic (exact) mass is 638 g/mol. The second-order valence-corrected chi connectivity index (χ2v) is 15.3. The van der Waals surface area contributed by atoms with Crippen LogP contribution in [0.1, 0.15) is 48.6 Å². The fourth-order valence-corrected chi connectivity index (χ4v) is 9.77. The van der Waals surface area contributed by atoms with Crippen LogP contribution in [0.5, 0.6) is 0 Å². The Labute approximate surface area is 294 Å². The molecule has 0 aromatic heterocycles. The van der Waals surface area contributed by atoms with E-state index in [1.54, 1.807) is 0 Å². The van der Waals surface area contributed by atoms with Crippen molar-refractivity contribution in [1.29, 1.82) is 0 Å². The van der Waals surface area contributed by atoms with E-state index < -0.39 is 5.41 Å². The summed E-state index contributed by atoms with van der Waals surface area (Å²) in [7, 11) is 0. The van der Waals surface area contributed by atoms with E-state index in [0.717, 1.165) is 0 Å². The van der Waals surface area contributed by atoms with Gasteiger partial charge in [-0.25, -0.2) is 0 Å². The second-order valence-electron chi connectivity index (χ2n) is 15.3. The van der Waals surface area contributed by atoms with Crippen molar-refractivity contribution >= 4 is 46.2 Å². The molecule has 0 fully saturated rings. The van der Waals surface area contributed by atoms with Gasteiger partial charge in [0.1, 0.15) is 0 Å². The molecule has 236 valence electrons. The van der Waals surface area contributed by atoms with E-state index in [0.29, 0.717) is 0 Å². The van der Waals surface area contributed by atoms with Crippen LogP contribution in [-0.4, -0.2) is 6.85 Å². The van der Waals surface area contributed by atoms with Crippen LogP contribution in [0.2, 0.25) is 0 Å². The van der Waals surface area contributed by atoms with Crippen molar-refractivity contribution in [3.63, 3.8) is 0 Å².